The third-order valence-electron chi connectivity index (χ3n) is 4.86. The van der Waals surface area contributed by atoms with E-state index < -0.39 is 0 Å². The average Bonchev–Trinajstić information content (AvgIpc) is 2.76. The highest BCUT2D eigenvalue weighted by Gasteiger charge is 2.20. The summed E-state index contributed by atoms with van der Waals surface area (Å²) in [6.45, 7) is 3.64. The second-order valence-corrected chi connectivity index (χ2v) is 6.77. The van der Waals surface area contributed by atoms with E-state index in [0.29, 0.717) is 6.54 Å². The van der Waals surface area contributed by atoms with Crippen LogP contribution in [0.3, 0.4) is 0 Å². The molecule has 1 aromatic heterocycles. The lowest BCUT2D eigenvalue weighted by atomic mass is 10.0. The van der Waals surface area contributed by atoms with E-state index in [1.165, 1.54) is 0 Å². The molecule has 0 bridgehead atoms. The van der Waals surface area contributed by atoms with E-state index in [9.17, 15) is 4.79 Å². The SMILES string of the molecule is O=C(CN1CCN(c2ncccn2)CC1)Nc1ccccc1-c1ccccc1. The zero-order valence-corrected chi connectivity index (χ0v) is 15.7. The van der Waals surface area contributed by atoms with E-state index in [1.807, 2.05) is 48.5 Å². The fourth-order valence-corrected chi connectivity index (χ4v) is 3.41. The van der Waals surface area contributed by atoms with Crippen LogP contribution in [-0.2, 0) is 4.79 Å². The van der Waals surface area contributed by atoms with Gasteiger partial charge < -0.3 is 10.2 Å². The molecule has 0 aliphatic carbocycles. The molecule has 142 valence electrons. The lowest BCUT2D eigenvalue weighted by Crippen LogP contribution is -2.49. The minimum atomic E-state index is 0.00722. The molecule has 3 aromatic rings. The molecule has 0 atom stereocenters. The highest BCUT2D eigenvalue weighted by molar-refractivity contribution is 5.96. The van der Waals surface area contributed by atoms with Gasteiger partial charge in [-0.05, 0) is 17.7 Å². The van der Waals surface area contributed by atoms with Crippen molar-refractivity contribution in [3.8, 4) is 11.1 Å². The number of aromatic nitrogens is 2. The summed E-state index contributed by atoms with van der Waals surface area (Å²) in [4.78, 5) is 25.5. The molecule has 1 amide bonds. The van der Waals surface area contributed by atoms with Crippen LogP contribution in [0.2, 0.25) is 0 Å². The standard InChI is InChI=1S/C22H23N5O/c28-21(17-26-13-15-27(16-14-26)22-23-11-6-12-24-22)25-20-10-5-4-9-19(20)18-7-2-1-3-8-18/h1-12H,13-17H2,(H,25,28). The van der Waals surface area contributed by atoms with E-state index in [0.717, 1.165) is 48.9 Å². The molecule has 6 nitrogen and oxygen atoms in total. The maximum Gasteiger partial charge on any atom is 0.238 e. The molecule has 1 aliphatic heterocycles. The van der Waals surface area contributed by atoms with E-state index in [1.54, 1.807) is 12.4 Å². The molecule has 4 rings (SSSR count). The van der Waals surface area contributed by atoms with E-state index in [4.69, 9.17) is 0 Å². The van der Waals surface area contributed by atoms with Crippen molar-refractivity contribution in [2.24, 2.45) is 0 Å². The Labute approximate surface area is 164 Å². The number of carbonyl (C=O) groups is 1. The molecule has 2 aromatic carbocycles. The number of nitrogens with one attached hydrogen (secondary N) is 1. The summed E-state index contributed by atoms with van der Waals surface area (Å²) < 4.78 is 0. The first-order valence-electron chi connectivity index (χ1n) is 9.48. The fourth-order valence-electron chi connectivity index (χ4n) is 3.41. The summed E-state index contributed by atoms with van der Waals surface area (Å²) in [5.74, 6) is 0.760. The Balaban J connectivity index is 1.35. The van der Waals surface area contributed by atoms with Gasteiger partial charge in [0, 0.05) is 49.8 Å². The van der Waals surface area contributed by atoms with Crippen molar-refractivity contribution in [2.75, 3.05) is 42.9 Å². The third-order valence-corrected chi connectivity index (χ3v) is 4.86. The second-order valence-electron chi connectivity index (χ2n) is 6.77. The van der Waals surface area contributed by atoms with E-state index >= 15 is 0 Å². The van der Waals surface area contributed by atoms with Crippen LogP contribution in [0.1, 0.15) is 0 Å². The zero-order chi connectivity index (χ0) is 19.2. The number of carbonyl (C=O) groups excluding carboxylic acids is 1. The number of hydrogen-bond acceptors (Lipinski definition) is 5. The lowest BCUT2D eigenvalue weighted by Gasteiger charge is -2.34. The Morgan fingerprint density at radius 2 is 1.54 bits per heavy atom. The highest BCUT2D eigenvalue weighted by Crippen LogP contribution is 2.27. The quantitative estimate of drug-likeness (QED) is 0.745. The number of rotatable bonds is 5. The number of amides is 1. The maximum atomic E-state index is 12.6. The van der Waals surface area contributed by atoms with Crippen molar-refractivity contribution in [1.82, 2.24) is 14.9 Å². The maximum absolute atomic E-state index is 12.6. The zero-order valence-electron chi connectivity index (χ0n) is 15.7. The topological polar surface area (TPSA) is 61.4 Å². The molecular weight excluding hydrogens is 350 g/mol. The Morgan fingerprint density at radius 3 is 2.29 bits per heavy atom. The van der Waals surface area contributed by atoms with Crippen molar-refractivity contribution in [1.29, 1.82) is 0 Å². The Kier molecular flexibility index (Phi) is 5.58. The van der Waals surface area contributed by atoms with Crippen LogP contribution in [0.25, 0.3) is 11.1 Å². The molecule has 6 heteroatoms. The van der Waals surface area contributed by atoms with Gasteiger partial charge in [-0.15, -0.1) is 0 Å². The summed E-state index contributed by atoms with van der Waals surface area (Å²) in [6.07, 6.45) is 3.51. The normalized spacial score (nSPS) is 14.6. The van der Waals surface area contributed by atoms with Crippen molar-refractivity contribution in [3.05, 3.63) is 73.1 Å². The summed E-state index contributed by atoms with van der Waals surface area (Å²) in [6, 6.07) is 19.8. The molecule has 1 aliphatic rings. The smallest absolute Gasteiger partial charge is 0.238 e. The van der Waals surface area contributed by atoms with Crippen molar-refractivity contribution >= 4 is 17.5 Å². The predicted octanol–water partition coefficient (Wildman–Crippen LogP) is 2.90. The van der Waals surface area contributed by atoms with Gasteiger partial charge in [-0.3, -0.25) is 9.69 Å². The minimum Gasteiger partial charge on any atom is -0.338 e. The van der Waals surface area contributed by atoms with Gasteiger partial charge in [-0.2, -0.15) is 0 Å². The van der Waals surface area contributed by atoms with Crippen LogP contribution in [0.5, 0.6) is 0 Å². The van der Waals surface area contributed by atoms with Crippen molar-refractivity contribution in [3.63, 3.8) is 0 Å². The summed E-state index contributed by atoms with van der Waals surface area (Å²) in [7, 11) is 0. The molecule has 1 N–H and O–H groups in total. The third kappa shape index (κ3) is 4.35. The largest absolute Gasteiger partial charge is 0.338 e. The molecule has 0 saturated carbocycles. The Hall–Kier alpha value is -3.25. The molecular formula is C22H23N5O. The number of piperazine rings is 1. The van der Waals surface area contributed by atoms with E-state index in [2.05, 4.69) is 37.2 Å². The molecule has 0 unspecified atom stereocenters. The Bertz CT molecular complexity index is 908. The molecule has 0 radical (unpaired) electrons. The van der Waals surface area contributed by atoms with E-state index in [-0.39, 0.29) is 5.91 Å². The number of benzene rings is 2. The summed E-state index contributed by atoms with van der Waals surface area (Å²) in [5, 5.41) is 3.08. The minimum absolute atomic E-state index is 0.00722. The first-order valence-corrected chi connectivity index (χ1v) is 9.48. The van der Waals surface area contributed by atoms with Gasteiger partial charge in [0.2, 0.25) is 11.9 Å². The van der Waals surface area contributed by atoms with Crippen molar-refractivity contribution in [2.45, 2.75) is 0 Å². The van der Waals surface area contributed by atoms with Crippen LogP contribution in [0.4, 0.5) is 11.6 Å². The Morgan fingerprint density at radius 1 is 0.857 bits per heavy atom. The number of nitrogens with zero attached hydrogens (tertiary/aromatic N) is 4. The monoisotopic (exact) mass is 373 g/mol. The number of para-hydroxylation sites is 1. The van der Waals surface area contributed by atoms with Crippen LogP contribution >= 0.6 is 0 Å². The number of hydrogen-bond donors (Lipinski definition) is 1. The molecule has 1 fully saturated rings. The van der Waals surface area contributed by atoms with Crippen LogP contribution in [0, 0.1) is 0 Å². The second kappa shape index (κ2) is 8.63. The van der Waals surface area contributed by atoms with Gasteiger partial charge in [-0.1, -0.05) is 48.5 Å². The van der Waals surface area contributed by atoms with Gasteiger partial charge in [0.25, 0.3) is 0 Å². The van der Waals surface area contributed by atoms with Gasteiger partial charge in [0.05, 0.1) is 6.54 Å². The highest BCUT2D eigenvalue weighted by atomic mass is 16.2. The fraction of sp³-hybridized carbons (Fsp3) is 0.227. The van der Waals surface area contributed by atoms with Gasteiger partial charge in [-0.25, -0.2) is 9.97 Å². The molecule has 2 heterocycles. The van der Waals surface area contributed by atoms with Crippen LogP contribution < -0.4 is 10.2 Å². The van der Waals surface area contributed by atoms with Gasteiger partial charge >= 0.3 is 0 Å². The van der Waals surface area contributed by atoms with Crippen LogP contribution in [0.15, 0.2) is 73.1 Å². The first kappa shape index (κ1) is 18.1. The van der Waals surface area contributed by atoms with Gasteiger partial charge in [0.1, 0.15) is 0 Å². The van der Waals surface area contributed by atoms with Crippen LogP contribution in [-0.4, -0.2) is 53.5 Å². The first-order chi connectivity index (χ1) is 13.8. The lowest BCUT2D eigenvalue weighted by molar-refractivity contribution is -0.117. The molecule has 28 heavy (non-hydrogen) atoms. The molecule has 1 saturated heterocycles. The van der Waals surface area contributed by atoms with Crippen molar-refractivity contribution < 1.29 is 4.79 Å². The molecule has 0 spiro atoms. The number of anilines is 2. The average molecular weight is 373 g/mol. The predicted molar refractivity (Wildman–Crippen MR) is 111 cm³/mol. The summed E-state index contributed by atoms with van der Waals surface area (Å²) >= 11 is 0. The van der Waals surface area contributed by atoms with Gasteiger partial charge in [0.15, 0.2) is 0 Å². The summed E-state index contributed by atoms with van der Waals surface area (Å²) in [5.41, 5.74) is 2.97.